The fourth-order valence-corrected chi connectivity index (χ4v) is 4.09. The number of nitrogens with zero attached hydrogens (tertiary/aromatic N) is 2. The molecule has 0 aromatic carbocycles. The number of hydrogen-bond acceptors (Lipinski definition) is 3. The Morgan fingerprint density at radius 3 is 2.55 bits per heavy atom. The number of piperazine rings is 1. The van der Waals surface area contributed by atoms with Crippen LogP contribution in [-0.4, -0.2) is 60.6 Å². The van der Waals surface area contributed by atoms with Crippen molar-refractivity contribution in [2.45, 2.75) is 77.4 Å². The molecule has 2 fully saturated rings. The van der Waals surface area contributed by atoms with Gasteiger partial charge in [0, 0.05) is 37.8 Å². The smallest absolute Gasteiger partial charge is 0.0250 e. The molecular formula is C17H35N3. The van der Waals surface area contributed by atoms with Crippen molar-refractivity contribution in [2.24, 2.45) is 0 Å². The van der Waals surface area contributed by atoms with Crippen LogP contribution in [0.1, 0.15) is 59.3 Å². The SMILES string of the molecule is CCCNC1CCCCCC1N1CCN(CC)C(C)C1. The van der Waals surface area contributed by atoms with Gasteiger partial charge in [0.25, 0.3) is 0 Å². The Morgan fingerprint density at radius 2 is 1.85 bits per heavy atom. The molecule has 3 heteroatoms. The van der Waals surface area contributed by atoms with E-state index >= 15 is 0 Å². The predicted octanol–water partition coefficient (Wildman–Crippen LogP) is 2.71. The normalized spacial score (nSPS) is 34.0. The summed E-state index contributed by atoms with van der Waals surface area (Å²) in [6.07, 6.45) is 8.32. The van der Waals surface area contributed by atoms with Crippen LogP contribution in [0, 0.1) is 0 Å². The minimum absolute atomic E-state index is 0.726. The van der Waals surface area contributed by atoms with Crippen molar-refractivity contribution in [3.63, 3.8) is 0 Å². The molecule has 0 aromatic rings. The van der Waals surface area contributed by atoms with Gasteiger partial charge >= 0.3 is 0 Å². The lowest BCUT2D eigenvalue weighted by Gasteiger charge is -2.45. The lowest BCUT2D eigenvalue weighted by Crippen LogP contribution is -2.59. The standard InChI is InChI=1S/C17H35N3/c1-4-11-18-16-9-7-6-8-10-17(16)20-13-12-19(5-2)15(3)14-20/h15-18H,4-14H2,1-3H3. The van der Waals surface area contributed by atoms with Crippen LogP contribution in [-0.2, 0) is 0 Å². The van der Waals surface area contributed by atoms with Gasteiger partial charge in [-0.25, -0.2) is 0 Å². The summed E-state index contributed by atoms with van der Waals surface area (Å²) in [6.45, 7) is 13.2. The highest BCUT2D eigenvalue weighted by Crippen LogP contribution is 2.25. The Labute approximate surface area is 126 Å². The molecular weight excluding hydrogens is 246 g/mol. The fraction of sp³-hybridized carbons (Fsp3) is 1.00. The Balaban J connectivity index is 1.95. The molecule has 1 aliphatic carbocycles. The summed E-state index contributed by atoms with van der Waals surface area (Å²) in [5, 5.41) is 3.84. The number of nitrogens with one attached hydrogen (secondary N) is 1. The first-order valence-corrected chi connectivity index (χ1v) is 8.97. The fourth-order valence-electron chi connectivity index (χ4n) is 4.09. The summed E-state index contributed by atoms with van der Waals surface area (Å²) in [5.41, 5.74) is 0. The van der Waals surface area contributed by atoms with Gasteiger partial charge in [-0.15, -0.1) is 0 Å². The van der Waals surface area contributed by atoms with Crippen LogP contribution >= 0.6 is 0 Å². The van der Waals surface area contributed by atoms with E-state index in [0.717, 1.165) is 18.1 Å². The van der Waals surface area contributed by atoms with Crippen LogP contribution in [0.5, 0.6) is 0 Å². The van der Waals surface area contributed by atoms with E-state index in [9.17, 15) is 0 Å². The van der Waals surface area contributed by atoms with Crippen molar-refractivity contribution in [2.75, 3.05) is 32.7 Å². The first kappa shape index (κ1) is 16.3. The van der Waals surface area contributed by atoms with Crippen molar-refractivity contribution in [1.82, 2.24) is 15.1 Å². The zero-order valence-electron chi connectivity index (χ0n) is 13.9. The van der Waals surface area contributed by atoms with Crippen LogP contribution in [0.3, 0.4) is 0 Å². The highest BCUT2D eigenvalue weighted by atomic mass is 15.3. The first-order chi connectivity index (χ1) is 9.76. The molecule has 1 aliphatic heterocycles. The van der Waals surface area contributed by atoms with Gasteiger partial charge in [0.15, 0.2) is 0 Å². The molecule has 2 rings (SSSR count). The van der Waals surface area contributed by atoms with E-state index in [1.807, 2.05) is 0 Å². The van der Waals surface area contributed by atoms with Gasteiger partial charge in [-0.2, -0.15) is 0 Å². The summed E-state index contributed by atoms with van der Waals surface area (Å²) < 4.78 is 0. The van der Waals surface area contributed by atoms with E-state index in [1.165, 1.54) is 71.2 Å². The predicted molar refractivity (Wildman–Crippen MR) is 87.2 cm³/mol. The summed E-state index contributed by atoms with van der Waals surface area (Å²) in [4.78, 5) is 5.43. The lowest BCUT2D eigenvalue weighted by atomic mass is 9.99. The van der Waals surface area contributed by atoms with Gasteiger partial charge in [0.1, 0.15) is 0 Å². The van der Waals surface area contributed by atoms with Crippen molar-refractivity contribution in [3.05, 3.63) is 0 Å². The van der Waals surface area contributed by atoms with Gasteiger partial charge in [-0.05, 0) is 39.3 Å². The highest BCUT2D eigenvalue weighted by molar-refractivity contribution is 4.91. The molecule has 0 spiro atoms. The van der Waals surface area contributed by atoms with Gasteiger partial charge in [-0.1, -0.05) is 33.1 Å². The third kappa shape index (κ3) is 4.19. The largest absolute Gasteiger partial charge is 0.312 e. The van der Waals surface area contributed by atoms with Crippen molar-refractivity contribution in [1.29, 1.82) is 0 Å². The Kier molecular flexibility index (Phi) is 6.79. The molecule has 1 heterocycles. The van der Waals surface area contributed by atoms with E-state index in [0.29, 0.717) is 0 Å². The van der Waals surface area contributed by atoms with Crippen LogP contribution in [0.2, 0.25) is 0 Å². The van der Waals surface area contributed by atoms with Crippen molar-refractivity contribution in [3.8, 4) is 0 Å². The molecule has 1 saturated heterocycles. The maximum Gasteiger partial charge on any atom is 0.0250 e. The van der Waals surface area contributed by atoms with E-state index < -0.39 is 0 Å². The molecule has 1 saturated carbocycles. The van der Waals surface area contributed by atoms with E-state index in [4.69, 9.17) is 0 Å². The number of hydrogen-bond donors (Lipinski definition) is 1. The molecule has 0 radical (unpaired) electrons. The number of likely N-dealkylation sites (N-methyl/N-ethyl adjacent to an activating group) is 1. The summed E-state index contributed by atoms with van der Waals surface area (Å²) in [5.74, 6) is 0. The summed E-state index contributed by atoms with van der Waals surface area (Å²) in [6, 6.07) is 2.24. The maximum atomic E-state index is 3.84. The number of rotatable bonds is 5. The van der Waals surface area contributed by atoms with Gasteiger partial charge in [0.05, 0.1) is 0 Å². The zero-order chi connectivity index (χ0) is 14.4. The van der Waals surface area contributed by atoms with Gasteiger partial charge < -0.3 is 5.32 Å². The molecule has 3 nitrogen and oxygen atoms in total. The molecule has 0 aromatic heterocycles. The maximum absolute atomic E-state index is 3.84. The molecule has 20 heavy (non-hydrogen) atoms. The van der Waals surface area contributed by atoms with E-state index in [-0.39, 0.29) is 0 Å². The van der Waals surface area contributed by atoms with E-state index in [2.05, 4.69) is 35.9 Å². The molecule has 1 N–H and O–H groups in total. The van der Waals surface area contributed by atoms with Gasteiger partial charge in [0.2, 0.25) is 0 Å². The summed E-state index contributed by atoms with van der Waals surface area (Å²) >= 11 is 0. The Bertz CT molecular complexity index is 269. The second-order valence-corrected chi connectivity index (χ2v) is 6.74. The third-order valence-electron chi connectivity index (χ3n) is 5.31. The average Bonchev–Trinajstić information content (AvgIpc) is 2.70. The monoisotopic (exact) mass is 281 g/mol. The molecule has 0 bridgehead atoms. The molecule has 3 unspecified atom stereocenters. The average molecular weight is 281 g/mol. The molecule has 3 atom stereocenters. The van der Waals surface area contributed by atoms with Gasteiger partial charge in [-0.3, -0.25) is 9.80 Å². The first-order valence-electron chi connectivity index (χ1n) is 8.97. The molecule has 118 valence electrons. The minimum atomic E-state index is 0.726. The zero-order valence-corrected chi connectivity index (χ0v) is 13.9. The Hall–Kier alpha value is -0.120. The Morgan fingerprint density at radius 1 is 1.05 bits per heavy atom. The second kappa shape index (κ2) is 8.35. The van der Waals surface area contributed by atoms with Crippen LogP contribution < -0.4 is 5.32 Å². The highest BCUT2D eigenvalue weighted by Gasteiger charge is 2.32. The quantitative estimate of drug-likeness (QED) is 0.782. The van der Waals surface area contributed by atoms with Crippen molar-refractivity contribution < 1.29 is 0 Å². The van der Waals surface area contributed by atoms with E-state index in [1.54, 1.807) is 0 Å². The third-order valence-corrected chi connectivity index (χ3v) is 5.31. The van der Waals surface area contributed by atoms with Crippen molar-refractivity contribution >= 4 is 0 Å². The second-order valence-electron chi connectivity index (χ2n) is 6.74. The van der Waals surface area contributed by atoms with Crippen LogP contribution in [0.25, 0.3) is 0 Å². The van der Waals surface area contributed by atoms with Crippen LogP contribution in [0.15, 0.2) is 0 Å². The lowest BCUT2D eigenvalue weighted by molar-refractivity contribution is 0.0431. The van der Waals surface area contributed by atoms with Crippen LogP contribution in [0.4, 0.5) is 0 Å². The topological polar surface area (TPSA) is 18.5 Å². The molecule has 0 amide bonds. The minimum Gasteiger partial charge on any atom is -0.312 e. The summed E-state index contributed by atoms with van der Waals surface area (Å²) in [7, 11) is 0. The molecule has 2 aliphatic rings.